The van der Waals surface area contributed by atoms with Gasteiger partial charge in [0.2, 0.25) is 0 Å². The van der Waals surface area contributed by atoms with Gasteiger partial charge in [-0.15, -0.1) is 5.06 Å². The van der Waals surface area contributed by atoms with Gasteiger partial charge in [-0.25, -0.2) is 9.78 Å². The minimum atomic E-state index is -1.14. The van der Waals surface area contributed by atoms with Crippen LogP contribution in [0.25, 0.3) is 11.0 Å². The zero-order chi connectivity index (χ0) is 15.4. The van der Waals surface area contributed by atoms with Crippen LogP contribution in [0.4, 0.5) is 4.79 Å². The van der Waals surface area contributed by atoms with Crippen molar-refractivity contribution in [2.75, 3.05) is 6.54 Å². The summed E-state index contributed by atoms with van der Waals surface area (Å²) in [7, 11) is 0. The summed E-state index contributed by atoms with van der Waals surface area (Å²) >= 11 is 0. The fourth-order valence-corrected chi connectivity index (χ4v) is 2.12. The molecule has 0 spiro atoms. The first-order valence-corrected chi connectivity index (χ1v) is 6.89. The number of imidazole rings is 1. The lowest BCUT2D eigenvalue weighted by molar-refractivity contribution is -0.0351. The Morgan fingerprint density at radius 3 is 2.59 bits per heavy atom. The highest BCUT2D eigenvalue weighted by Crippen LogP contribution is 2.13. The number of carboxylic acid groups (broad SMARTS) is 1. The van der Waals surface area contributed by atoms with Crippen molar-refractivity contribution >= 4 is 17.1 Å². The lowest BCUT2D eigenvalue weighted by Crippen LogP contribution is -2.34. The molecule has 1 heterocycles. The Kier molecular flexibility index (Phi) is 3.91. The van der Waals surface area contributed by atoms with E-state index in [4.69, 9.17) is 4.84 Å². The maximum Gasteiger partial charge on any atom is 0.440 e. The number of H-pyrrole nitrogens is 1. The number of para-hydroxylation sites is 3. The maximum absolute atomic E-state index is 11.3. The molecule has 2 N–H and O–H groups in total. The van der Waals surface area contributed by atoms with Gasteiger partial charge in [-0.3, -0.25) is 0 Å². The van der Waals surface area contributed by atoms with E-state index in [0.29, 0.717) is 12.2 Å². The molecule has 6 heteroatoms. The van der Waals surface area contributed by atoms with Crippen LogP contribution in [0.3, 0.4) is 0 Å². The number of hydrogen-bond donors (Lipinski definition) is 2. The highest BCUT2D eigenvalue weighted by molar-refractivity contribution is 5.74. The topological polar surface area (TPSA) is 78.5 Å². The Balaban J connectivity index is 1.67. The zero-order valence-electron chi connectivity index (χ0n) is 11.8. The van der Waals surface area contributed by atoms with Gasteiger partial charge in [-0.2, -0.15) is 0 Å². The molecule has 0 radical (unpaired) electrons. The number of rotatable bonds is 5. The summed E-state index contributed by atoms with van der Waals surface area (Å²) in [4.78, 5) is 24.2. The summed E-state index contributed by atoms with van der Waals surface area (Å²) in [6, 6.07) is 16.5. The molecule has 112 valence electrons. The molecule has 0 fully saturated rings. The third-order valence-corrected chi connectivity index (χ3v) is 3.16. The number of nitrogens with zero attached hydrogens (tertiary/aromatic N) is 2. The molecule has 1 aromatic heterocycles. The molecule has 2 aromatic carbocycles. The van der Waals surface area contributed by atoms with Crippen molar-refractivity contribution < 1.29 is 14.7 Å². The van der Waals surface area contributed by atoms with Crippen LogP contribution in [0, 0.1) is 0 Å². The van der Waals surface area contributed by atoms with E-state index in [1.165, 1.54) is 0 Å². The van der Waals surface area contributed by atoms with E-state index in [1.807, 2.05) is 30.3 Å². The van der Waals surface area contributed by atoms with Gasteiger partial charge in [-0.05, 0) is 24.3 Å². The standard InChI is InChI=1S/C16H15N3O3/c20-16(21)19(22-12-6-2-1-3-7-12)11-10-15-17-13-8-4-5-9-14(13)18-15/h1-9H,10-11H2,(H,17,18)(H,20,21). The number of benzene rings is 2. The zero-order valence-corrected chi connectivity index (χ0v) is 11.8. The van der Waals surface area contributed by atoms with Gasteiger partial charge >= 0.3 is 6.09 Å². The lowest BCUT2D eigenvalue weighted by atomic mass is 10.3. The summed E-state index contributed by atoms with van der Waals surface area (Å²) in [6.45, 7) is 0.185. The molecule has 1 amide bonds. The maximum atomic E-state index is 11.3. The number of aromatic nitrogens is 2. The van der Waals surface area contributed by atoms with Gasteiger partial charge in [0.15, 0.2) is 5.75 Å². The average Bonchev–Trinajstić information content (AvgIpc) is 2.95. The molecule has 6 nitrogen and oxygen atoms in total. The van der Waals surface area contributed by atoms with Crippen LogP contribution < -0.4 is 4.84 Å². The van der Waals surface area contributed by atoms with Gasteiger partial charge in [0, 0.05) is 6.42 Å². The van der Waals surface area contributed by atoms with Crippen LogP contribution in [0.1, 0.15) is 5.82 Å². The smallest absolute Gasteiger partial charge is 0.440 e. The number of amides is 1. The molecule has 22 heavy (non-hydrogen) atoms. The van der Waals surface area contributed by atoms with E-state index in [2.05, 4.69) is 9.97 Å². The Hall–Kier alpha value is -3.02. The third kappa shape index (κ3) is 3.17. The van der Waals surface area contributed by atoms with E-state index < -0.39 is 6.09 Å². The van der Waals surface area contributed by atoms with E-state index in [9.17, 15) is 9.90 Å². The Morgan fingerprint density at radius 1 is 1.14 bits per heavy atom. The van der Waals surface area contributed by atoms with Crippen LogP contribution in [-0.4, -0.2) is 32.8 Å². The number of carbonyl (C=O) groups is 1. The largest absolute Gasteiger partial charge is 0.463 e. The summed E-state index contributed by atoms with van der Waals surface area (Å²) in [6.07, 6.45) is -0.701. The molecule has 0 atom stereocenters. The highest BCUT2D eigenvalue weighted by atomic mass is 16.7. The van der Waals surface area contributed by atoms with Crippen molar-refractivity contribution in [3.05, 3.63) is 60.4 Å². The van der Waals surface area contributed by atoms with E-state index in [1.54, 1.807) is 24.3 Å². The molecule has 0 saturated heterocycles. The van der Waals surface area contributed by atoms with Gasteiger partial charge in [0.25, 0.3) is 0 Å². The molecule has 0 unspecified atom stereocenters. The first kappa shape index (κ1) is 13.9. The van der Waals surface area contributed by atoms with Crippen LogP contribution in [0.5, 0.6) is 5.75 Å². The van der Waals surface area contributed by atoms with Crippen molar-refractivity contribution in [2.24, 2.45) is 0 Å². The van der Waals surface area contributed by atoms with Crippen molar-refractivity contribution in [3.63, 3.8) is 0 Å². The van der Waals surface area contributed by atoms with Crippen molar-refractivity contribution in [1.82, 2.24) is 15.0 Å². The van der Waals surface area contributed by atoms with Crippen LogP contribution in [0.15, 0.2) is 54.6 Å². The summed E-state index contributed by atoms with van der Waals surface area (Å²) in [5.74, 6) is 1.21. The Morgan fingerprint density at radius 2 is 1.86 bits per heavy atom. The molecule has 3 aromatic rings. The minimum absolute atomic E-state index is 0.185. The summed E-state index contributed by atoms with van der Waals surface area (Å²) in [5.41, 5.74) is 1.80. The first-order chi connectivity index (χ1) is 10.7. The Bertz CT molecular complexity index is 737. The van der Waals surface area contributed by atoms with Gasteiger partial charge in [-0.1, -0.05) is 30.3 Å². The molecule has 0 aliphatic carbocycles. The van der Waals surface area contributed by atoms with Gasteiger partial charge in [0.05, 0.1) is 17.6 Å². The fourth-order valence-electron chi connectivity index (χ4n) is 2.12. The van der Waals surface area contributed by atoms with Gasteiger partial charge < -0.3 is 14.9 Å². The SMILES string of the molecule is O=C(O)N(CCc1nc2ccccc2[nH]1)Oc1ccccc1. The van der Waals surface area contributed by atoms with Crippen molar-refractivity contribution in [2.45, 2.75) is 6.42 Å². The Labute approximate surface area is 126 Å². The number of fused-ring (bicyclic) bond motifs is 1. The van der Waals surface area contributed by atoms with Crippen LogP contribution in [0.2, 0.25) is 0 Å². The lowest BCUT2D eigenvalue weighted by Gasteiger charge is -2.18. The predicted octanol–water partition coefficient (Wildman–Crippen LogP) is 3.08. The monoisotopic (exact) mass is 297 g/mol. The normalized spacial score (nSPS) is 10.5. The molecule has 0 aliphatic rings. The quantitative estimate of drug-likeness (QED) is 0.709. The first-order valence-electron chi connectivity index (χ1n) is 6.89. The van der Waals surface area contributed by atoms with Crippen molar-refractivity contribution in [1.29, 1.82) is 0 Å². The molecular formula is C16H15N3O3. The van der Waals surface area contributed by atoms with Crippen LogP contribution in [-0.2, 0) is 6.42 Å². The fraction of sp³-hybridized carbons (Fsp3) is 0.125. The molecule has 0 bridgehead atoms. The van der Waals surface area contributed by atoms with Crippen molar-refractivity contribution in [3.8, 4) is 5.75 Å². The molecular weight excluding hydrogens is 282 g/mol. The molecule has 3 rings (SSSR count). The summed E-state index contributed by atoms with van der Waals surface area (Å²) < 4.78 is 0. The van der Waals surface area contributed by atoms with E-state index in [0.717, 1.165) is 21.9 Å². The second-order valence-electron chi connectivity index (χ2n) is 4.74. The number of hydrogen-bond acceptors (Lipinski definition) is 3. The average molecular weight is 297 g/mol. The van der Waals surface area contributed by atoms with E-state index in [-0.39, 0.29) is 6.54 Å². The van der Waals surface area contributed by atoms with Crippen LogP contribution >= 0.6 is 0 Å². The highest BCUT2D eigenvalue weighted by Gasteiger charge is 2.15. The molecule has 0 aliphatic heterocycles. The predicted molar refractivity (Wildman–Crippen MR) is 81.6 cm³/mol. The van der Waals surface area contributed by atoms with E-state index >= 15 is 0 Å². The summed E-state index contributed by atoms with van der Waals surface area (Å²) in [5, 5.41) is 10.1. The van der Waals surface area contributed by atoms with Gasteiger partial charge in [0.1, 0.15) is 5.82 Å². The third-order valence-electron chi connectivity index (χ3n) is 3.16. The molecule has 0 saturated carbocycles. The number of hydroxylamine groups is 2. The number of nitrogens with one attached hydrogen (secondary N) is 1. The second kappa shape index (κ2) is 6.17. The second-order valence-corrected chi connectivity index (χ2v) is 4.74. The minimum Gasteiger partial charge on any atom is -0.463 e. The number of aromatic amines is 1.